The quantitative estimate of drug-likeness (QED) is 0.459. The standard InChI is InChI=1S/C25H18ClNO3/c1-30-15-12-10-14(11-13-15)27-23(28)21-20-16-6-2-4-8-18(16)25(26,22(21)24(27)29)19-9-5-3-7-17(19)20/h2-13,20-22H,1H3/t20?,21-,22-,25?/m0/s1. The molecule has 4 aliphatic rings. The van der Waals surface area contributed by atoms with Crippen molar-refractivity contribution >= 4 is 29.1 Å². The van der Waals surface area contributed by atoms with E-state index >= 15 is 0 Å². The number of imide groups is 1. The molecule has 3 aliphatic carbocycles. The van der Waals surface area contributed by atoms with Gasteiger partial charge in [0.05, 0.1) is 24.6 Å². The lowest BCUT2D eigenvalue weighted by molar-refractivity contribution is -0.122. The number of amides is 2. The van der Waals surface area contributed by atoms with E-state index < -0.39 is 16.7 Å². The second-order valence-electron chi connectivity index (χ2n) is 8.08. The van der Waals surface area contributed by atoms with Crippen LogP contribution in [0.25, 0.3) is 0 Å². The molecule has 30 heavy (non-hydrogen) atoms. The van der Waals surface area contributed by atoms with Crippen molar-refractivity contribution in [1.82, 2.24) is 0 Å². The van der Waals surface area contributed by atoms with Crippen LogP contribution in [0.2, 0.25) is 0 Å². The molecule has 0 N–H and O–H groups in total. The molecule has 5 heteroatoms. The maximum absolute atomic E-state index is 13.7. The van der Waals surface area contributed by atoms with Gasteiger partial charge in [-0.05, 0) is 46.5 Å². The van der Waals surface area contributed by atoms with Gasteiger partial charge < -0.3 is 4.74 Å². The van der Waals surface area contributed by atoms with Gasteiger partial charge in [0.25, 0.3) is 0 Å². The number of rotatable bonds is 2. The van der Waals surface area contributed by atoms with Crippen LogP contribution < -0.4 is 9.64 Å². The summed E-state index contributed by atoms with van der Waals surface area (Å²) >= 11 is 7.40. The number of carbonyl (C=O) groups excluding carboxylic acids is 2. The highest BCUT2D eigenvalue weighted by Gasteiger charge is 2.67. The molecule has 0 unspecified atom stereocenters. The minimum absolute atomic E-state index is 0.178. The topological polar surface area (TPSA) is 46.6 Å². The summed E-state index contributed by atoms with van der Waals surface area (Å²) in [4.78, 5) is 27.6. The van der Waals surface area contributed by atoms with Crippen molar-refractivity contribution < 1.29 is 14.3 Å². The molecule has 2 amide bonds. The van der Waals surface area contributed by atoms with E-state index in [-0.39, 0.29) is 17.7 Å². The van der Waals surface area contributed by atoms with Gasteiger partial charge in [0.2, 0.25) is 11.8 Å². The third-order valence-corrected chi connectivity index (χ3v) is 7.49. The fourth-order valence-corrected chi connectivity index (χ4v) is 6.24. The van der Waals surface area contributed by atoms with Crippen LogP contribution in [-0.4, -0.2) is 18.9 Å². The monoisotopic (exact) mass is 415 g/mol. The molecule has 4 nitrogen and oxygen atoms in total. The molecule has 3 aromatic rings. The Kier molecular flexibility index (Phi) is 3.52. The first kappa shape index (κ1) is 17.7. The molecular formula is C25H18ClNO3. The Bertz CT molecular complexity index is 1170. The number of hydrogen-bond donors (Lipinski definition) is 0. The van der Waals surface area contributed by atoms with Crippen molar-refractivity contribution in [2.75, 3.05) is 12.0 Å². The fraction of sp³-hybridized carbons (Fsp3) is 0.200. The van der Waals surface area contributed by atoms with E-state index in [1.165, 1.54) is 4.90 Å². The van der Waals surface area contributed by atoms with Crippen LogP contribution in [0.3, 0.4) is 0 Å². The molecule has 0 aromatic heterocycles. The zero-order chi connectivity index (χ0) is 20.6. The lowest BCUT2D eigenvalue weighted by atomic mass is 9.54. The van der Waals surface area contributed by atoms with Gasteiger partial charge in [-0.3, -0.25) is 9.59 Å². The first-order chi connectivity index (χ1) is 14.6. The number of nitrogens with zero attached hydrogens (tertiary/aromatic N) is 1. The average Bonchev–Trinajstić information content (AvgIpc) is 3.06. The van der Waals surface area contributed by atoms with Crippen LogP contribution in [0.15, 0.2) is 72.8 Å². The maximum atomic E-state index is 13.7. The maximum Gasteiger partial charge on any atom is 0.240 e. The van der Waals surface area contributed by atoms with Crippen LogP contribution in [0.5, 0.6) is 5.75 Å². The Labute approximate surface area is 179 Å². The van der Waals surface area contributed by atoms with Crippen LogP contribution in [-0.2, 0) is 14.5 Å². The van der Waals surface area contributed by atoms with Crippen molar-refractivity contribution in [3.63, 3.8) is 0 Å². The molecule has 2 atom stereocenters. The van der Waals surface area contributed by atoms with E-state index in [9.17, 15) is 9.59 Å². The minimum Gasteiger partial charge on any atom is -0.497 e. The van der Waals surface area contributed by atoms with Crippen molar-refractivity contribution in [3.05, 3.63) is 95.1 Å². The summed E-state index contributed by atoms with van der Waals surface area (Å²) in [6, 6.07) is 22.9. The van der Waals surface area contributed by atoms with E-state index in [1.807, 2.05) is 48.5 Å². The highest BCUT2D eigenvalue weighted by Crippen LogP contribution is 2.65. The third-order valence-electron chi connectivity index (χ3n) is 6.85. The molecule has 0 saturated carbocycles. The van der Waals surface area contributed by atoms with E-state index in [2.05, 4.69) is 0 Å². The van der Waals surface area contributed by atoms with E-state index in [4.69, 9.17) is 16.3 Å². The predicted molar refractivity (Wildman–Crippen MR) is 114 cm³/mol. The summed E-state index contributed by atoms with van der Waals surface area (Å²) < 4.78 is 5.22. The zero-order valence-electron chi connectivity index (χ0n) is 16.2. The van der Waals surface area contributed by atoms with Crippen molar-refractivity contribution in [1.29, 1.82) is 0 Å². The molecule has 2 bridgehead atoms. The van der Waals surface area contributed by atoms with Gasteiger partial charge in [0, 0.05) is 5.92 Å². The number of benzene rings is 3. The highest BCUT2D eigenvalue weighted by atomic mass is 35.5. The lowest BCUT2D eigenvalue weighted by Gasteiger charge is -2.50. The summed E-state index contributed by atoms with van der Waals surface area (Å²) in [5.41, 5.74) is 4.52. The molecule has 1 aliphatic heterocycles. The first-order valence-corrected chi connectivity index (χ1v) is 10.3. The molecule has 148 valence electrons. The SMILES string of the molecule is COc1ccc(N2C(=O)[C@@H]3[C@@H](C2=O)C2c4ccccc4C3(Cl)c3ccccc32)cc1. The highest BCUT2D eigenvalue weighted by molar-refractivity contribution is 6.33. The normalized spacial score (nSPS) is 28.2. The molecular weight excluding hydrogens is 398 g/mol. The van der Waals surface area contributed by atoms with Gasteiger partial charge in [-0.15, -0.1) is 11.6 Å². The van der Waals surface area contributed by atoms with Crippen molar-refractivity contribution in [2.24, 2.45) is 11.8 Å². The number of anilines is 1. The molecule has 0 spiro atoms. The summed E-state index contributed by atoms with van der Waals surface area (Å²) in [7, 11) is 1.58. The molecule has 1 fully saturated rings. The zero-order valence-corrected chi connectivity index (χ0v) is 17.0. The molecule has 0 radical (unpaired) electrons. The Hall–Kier alpha value is -3.11. The molecule has 7 rings (SSSR count). The third kappa shape index (κ3) is 1.97. The predicted octanol–water partition coefficient (Wildman–Crippen LogP) is 4.44. The van der Waals surface area contributed by atoms with Gasteiger partial charge in [-0.25, -0.2) is 4.90 Å². The van der Waals surface area contributed by atoms with Crippen LogP contribution >= 0.6 is 11.6 Å². The van der Waals surface area contributed by atoms with Gasteiger partial charge in [-0.2, -0.15) is 0 Å². The Balaban J connectivity index is 1.57. The van der Waals surface area contributed by atoms with Crippen molar-refractivity contribution in [3.8, 4) is 5.75 Å². The minimum atomic E-state index is -1.05. The van der Waals surface area contributed by atoms with E-state index in [0.717, 1.165) is 22.3 Å². The molecule has 3 aromatic carbocycles. The van der Waals surface area contributed by atoms with Crippen LogP contribution in [0.1, 0.15) is 28.2 Å². The molecule has 1 saturated heterocycles. The second-order valence-corrected chi connectivity index (χ2v) is 8.67. The summed E-state index contributed by atoms with van der Waals surface area (Å²) in [6.45, 7) is 0. The van der Waals surface area contributed by atoms with Crippen molar-refractivity contribution in [2.45, 2.75) is 10.8 Å². The fourth-order valence-electron chi connectivity index (χ4n) is 5.66. The number of carbonyl (C=O) groups is 2. The number of methoxy groups -OCH3 is 1. The smallest absolute Gasteiger partial charge is 0.240 e. The Morgan fingerprint density at radius 2 is 1.40 bits per heavy atom. The van der Waals surface area contributed by atoms with Gasteiger partial charge in [0.1, 0.15) is 10.6 Å². The Morgan fingerprint density at radius 1 is 0.833 bits per heavy atom. The summed E-state index contributed by atoms with van der Waals surface area (Å²) in [6.07, 6.45) is 0. The Morgan fingerprint density at radius 3 is 1.97 bits per heavy atom. The largest absolute Gasteiger partial charge is 0.497 e. The van der Waals surface area contributed by atoms with E-state index in [0.29, 0.717) is 11.4 Å². The summed E-state index contributed by atoms with van der Waals surface area (Å²) in [5.74, 6) is -1.08. The van der Waals surface area contributed by atoms with Crippen LogP contribution in [0.4, 0.5) is 5.69 Å². The number of halogens is 1. The van der Waals surface area contributed by atoms with Gasteiger partial charge in [0.15, 0.2) is 0 Å². The lowest BCUT2D eigenvalue weighted by Crippen LogP contribution is -2.50. The number of alkyl halides is 1. The first-order valence-electron chi connectivity index (χ1n) is 9.97. The van der Waals surface area contributed by atoms with Gasteiger partial charge >= 0.3 is 0 Å². The summed E-state index contributed by atoms with van der Waals surface area (Å²) in [5, 5.41) is 0. The number of ether oxygens (including phenoxy) is 1. The van der Waals surface area contributed by atoms with E-state index in [1.54, 1.807) is 31.4 Å². The number of hydrogen-bond acceptors (Lipinski definition) is 3. The van der Waals surface area contributed by atoms with Gasteiger partial charge in [-0.1, -0.05) is 48.5 Å². The average molecular weight is 416 g/mol. The second kappa shape index (κ2) is 5.96. The molecule has 1 heterocycles. The van der Waals surface area contributed by atoms with Crippen LogP contribution in [0, 0.1) is 11.8 Å².